The van der Waals surface area contributed by atoms with Crippen LogP contribution in [0.25, 0.3) is 0 Å². The zero-order valence-electron chi connectivity index (χ0n) is 16.1. The van der Waals surface area contributed by atoms with Crippen LogP contribution in [-0.4, -0.2) is 66.8 Å². The van der Waals surface area contributed by atoms with Gasteiger partial charge in [-0.3, -0.25) is 14.5 Å². The van der Waals surface area contributed by atoms with Crippen LogP contribution in [0.15, 0.2) is 24.3 Å². The van der Waals surface area contributed by atoms with Crippen LogP contribution >= 0.6 is 0 Å². The van der Waals surface area contributed by atoms with Gasteiger partial charge >= 0.3 is 0 Å². The molecule has 1 aromatic carbocycles. The summed E-state index contributed by atoms with van der Waals surface area (Å²) in [5.41, 5.74) is 0.819. The third kappa shape index (κ3) is 4.89. The Balaban J connectivity index is 1.96. The Morgan fingerprint density at radius 2 is 1.72 bits per heavy atom. The number of likely N-dealkylation sites (tertiary alicyclic amines) is 1. The number of rotatable bonds is 6. The second-order valence-electron chi connectivity index (χ2n) is 7.78. The molecule has 0 saturated carbocycles. The van der Waals surface area contributed by atoms with Gasteiger partial charge in [0.2, 0.25) is 0 Å². The van der Waals surface area contributed by atoms with E-state index in [9.17, 15) is 9.59 Å². The summed E-state index contributed by atoms with van der Waals surface area (Å²) in [4.78, 5) is 29.0. The van der Waals surface area contributed by atoms with E-state index in [0.717, 1.165) is 25.9 Å². The summed E-state index contributed by atoms with van der Waals surface area (Å²) < 4.78 is 0. The number of hydrogen-bond donors (Lipinski definition) is 1. The lowest BCUT2D eigenvalue weighted by atomic mass is 9.95. The summed E-state index contributed by atoms with van der Waals surface area (Å²) in [6.45, 7) is 8.46. The molecule has 1 amide bonds. The number of Topliss-reactive ketones (excluding diaryl/α,β-unsaturated/α-hetero) is 1. The highest BCUT2D eigenvalue weighted by Gasteiger charge is 2.31. The van der Waals surface area contributed by atoms with Gasteiger partial charge in [-0.15, -0.1) is 0 Å². The van der Waals surface area contributed by atoms with Crippen molar-refractivity contribution in [2.24, 2.45) is 0 Å². The van der Waals surface area contributed by atoms with Crippen molar-refractivity contribution in [1.82, 2.24) is 15.1 Å². The SMILES string of the molecule is CC(=O)c1ccccc1C(=O)NCC(C)(C)N1CCC(N(C)C)CC1. The number of benzene rings is 1. The van der Waals surface area contributed by atoms with E-state index in [1.807, 2.05) is 0 Å². The Hall–Kier alpha value is -1.72. The number of nitrogens with one attached hydrogen (secondary N) is 1. The zero-order valence-corrected chi connectivity index (χ0v) is 16.1. The van der Waals surface area contributed by atoms with Crippen molar-refractivity contribution in [3.63, 3.8) is 0 Å². The van der Waals surface area contributed by atoms with Gasteiger partial charge in [-0.05, 0) is 53.8 Å². The molecule has 25 heavy (non-hydrogen) atoms. The van der Waals surface area contributed by atoms with Crippen molar-refractivity contribution in [3.05, 3.63) is 35.4 Å². The molecule has 1 aliphatic rings. The van der Waals surface area contributed by atoms with Crippen LogP contribution in [0.3, 0.4) is 0 Å². The van der Waals surface area contributed by atoms with Gasteiger partial charge in [0.25, 0.3) is 5.91 Å². The lowest BCUT2D eigenvalue weighted by Gasteiger charge is -2.44. The highest BCUT2D eigenvalue weighted by molar-refractivity contribution is 6.07. The quantitative estimate of drug-likeness (QED) is 0.805. The van der Waals surface area contributed by atoms with Crippen LogP contribution in [0.5, 0.6) is 0 Å². The van der Waals surface area contributed by atoms with Crippen molar-refractivity contribution in [2.45, 2.75) is 45.2 Å². The molecule has 1 saturated heterocycles. The highest BCUT2D eigenvalue weighted by Crippen LogP contribution is 2.22. The molecule has 2 rings (SSSR count). The summed E-state index contributed by atoms with van der Waals surface area (Å²) in [5, 5.41) is 3.02. The number of carbonyl (C=O) groups is 2. The largest absolute Gasteiger partial charge is 0.350 e. The predicted molar refractivity (Wildman–Crippen MR) is 101 cm³/mol. The molecule has 1 heterocycles. The minimum atomic E-state index is -0.179. The summed E-state index contributed by atoms with van der Waals surface area (Å²) >= 11 is 0. The van der Waals surface area contributed by atoms with E-state index >= 15 is 0 Å². The molecule has 0 bridgehead atoms. The van der Waals surface area contributed by atoms with Crippen LogP contribution in [0.1, 0.15) is 54.3 Å². The van der Waals surface area contributed by atoms with Crippen molar-refractivity contribution in [2.75, 3.05) is 33.7 Å². The molecule has 0 aromatic heterocycles. The van der Waals surface area contributed by atoms with Crippen LogP contribution in [0.4, 0.5) is 0 Å². The number of ketones is 1. The van der Waals surface area contributed by atoms with Gasteiger partial charge < -0.3 is 10.2 Å². The maximum Gasteiger partial charge on any atom is 0.252 e. The topological polar surface area (TPSA) is 52.7 Å². The number of amides is 1. The Kier molecular flexibility index (Phi) is 6.36. The van der Waals surface area contributed by atoms with E-state index in [2.05, 4.69) is 43.1 Å². The molecule has 5 heteroatoms. The minimum Gasteiger partial charge on any atom is -0.350 e. The van der Waals surface area contributed by atoms with Crippen LogP contribution < -0.4 is 5.32 Å². The first-order valence-electron chi connectivity index (χ1n) is 9.02. The molecular weight excluding hydrogens is 314 g/mol. The molecule has 1 fully saturated rings. The molecule has 0 spiro atoms. The third-order valence-corrected chi connectivity index (χ3v) is 5.28. The summed E-state index contributed by atoms with van der Waals surface area (Å²) in [5.74, 6) is -0.266. The second kappa shape index (κ2) is 8.11. The monoisotopic (exact) mass is 345 g/mol. The lowest BCUT2D eigenvalue weighted by molar-refractivity contribution is 0.0587. The van der Waals surface area contributed by atoms with Gasteiger partial charge in [0.15, 0.2) is 5.78 Å². The summed E-state index contributed by atoms with van der Waals surface area (Å²) in [6.07, 6.45) is 2.30. The van der Waals surface area contributed by atoms with Crippen molar-refractivity contribution in [3.8, 4) is 0 Å². The molecule has 0 aliphatic carbocycles. The van der Waals surface area contributed by atoms with Crippen molar-refractivity contribution in [1.29, 1.82) is 0 Å². The van der Waals surface area contributed by atoms with Crippen LogP contribution in [0.2, 0.25) is 0 Å². The molecule has 0 atom stereocenters. The molecule has 1 aliphatic heterocycles. The Morgan fingerprint density at radius 1 is 1.16 bits per heavy atom. The van der Waals surface area contributed by atoms with E-state index in [4.69, 9.17) is 0 Å². The highest BCUT2D eigenvalue weighted by atomic mass is 16.2. The molecule has 138 valence electrons. The van der Waals surface area contributed by atoms with Crippen LogP contribution in [-0.2, 0) is 0 Å². The van der Waals surface area contributed by atoms with Gasteiger partial charge in [0.1, 0.15) is 0 Å². The molecule has 5 nitrogen and oxygen atoms in total. The van der Waals surface area contributed by atoms with Gasteiger partial charge in [-0.25, -0.2) is 0 Å². The zero-order chi connectivity index (χ0) is 18.6. The molecule has 0 unspecified atom stereocenters. The summed E-state index contributed by atoms with van der Waals surface area (Å²) in [6, 6.07) is 7.63. The Bertz CT molecular complexity index is 617. The average Bonchev–Trinajstić information content (AvgIpc) is 2.59. The fourth-order valence-corrected chi connectivity index (χ4v) is 3.48. The first-order valence-corrected chi connectivity index (χ1v) is 9.02. The summed E-state index contributed by atoms with van der Waals surface area (Å²) in [7, 11) is 4.27. The van der Waals surface area contributed by atoms with E-state index < -0.39 is 0 Å². The van der Waals surface area contributed by atoms with E-state index in [1.165, 1.54) is 6.92 Å². The fraction of sp³-hybridized carbons (Fsp3) is 0.600. The number of hydrogen-bond acceptors (Lipinski definition) is 4. The lowest BCUT2D eigenvalue weighted by Crippen LogP contribution is -2.55. The van der Waals surface area contributed by atoms with E-state index in [1.54, 1.807) is 24.3 Å². The number of carbonyl (C=O) groups excluding carboxylic acids is 2. The Morgan fingerprint density at radius 3 is 2.24 bits per heavy atom. The van der Waals surface area contributed by atoms with Gasteiger partial charge in [-0.1, -0.05) is 18.2 Å². The maximum atomic E-state index is 12.6. The van der Waals surface area contributed by atoms with Gasteiger partial charge in [-0.2, -0.15) is 0 Å². The van der Waals surface area contributed by atoms with E-state index in [-0.39, 0.29) is 17.2 Å². The predicted octanol–water partition coefficient (Wildman–Crippen LogP) is 2.42. The van der Waals surface area contributed by atoms with Crippen molar-refractivity contribution >= 4 is 11.7 Å². The van der Waals surface area contributed by atoms with Crippen molar-refractivity contribution < 1.29 is 9.59 Å². The number of piperidine rings is 1. The van der Waals surface area contributed by atoms with Gasteiger partial charge in [0, 0.05) is 36.8 Å². The number of nitrogens with zero attached hydrogens (tertiary/aromatic N) is 2. The fourth-order valence-electron chi connectivity index (χ4n) is 3.48. The molecular formula is C20H31N3O2. The smallest absolute Gasteiger partial charge is 0.252 e. The Labute approximate surface area is 151 Å². The third-order valence-electron chi connectivity index (χ3n) is 5.28. The van der Waals surface area contributed by atoms with Crippen LogP contribution in [0, 0.1) is 0 Å². The van der Waals surface area contributed by atoms with Gasteiger partial charge in [0.05, 0.1) is 5.56 Å². The second-order valence-corrected chi connectivity index (χ2v) is 7.78. The molecule has 1 N–H and O–H groups in total. The first-order chi connectivity index (χ1) is 11.7. The molecule has 1 aromatic rings. The standard InChI is InChI=1S/C20H31N3O2/c1-15(24)17-8-6-7-9-18(17)19(25)21-14-20(2,3)23-12-10-16(11-13-23)22(4)5/h6-9,16H,10-14H2,1-5H3,(H,21,25). The first kappa shape index (κ1) is 19.6. The maximum absolute atomic E-state index is 12.6. The normalized spacial score (nSPS) is 16.9. The molecule has 0 radical (unpaired) electrons. The minimum absolute atomic E-state index is 0.0873. The van der Waals surface area contributed by atoms with E-state index in [0.29, 0.717) is 23.7 Å². The average molecular weight is 345 g/mol.